The van der Waals surface area contributed by atoms with E-state index >= 15 is 0 Å². The molecule has 0 fully saturated rings. The lowest BCUT2D eigenvalue weighted by molar-refractivity contribution is -0.131. The molecule has 19 heavy (non-hydrogen) atoms. The van der Waals surface area contributed by atoms with Gasteiger partial charge in [0.05, 0.1) is 12.7 Å². The van der Waals surface area contributed by atoms with Gasteiger partial charge in [-0.05, 0) is 31.9 Å². The lowest BCUT2D eigenvalue weighted by atomic mass is 10.1. The maximum Gasteiger partial charge on any atom is 0.342 e. The highest BCUT2D eigenvalue weighted by atomic mass is 16.5. The van der Waals surface area contributed by atoms with Gasteiger partial charge in [0, 0.05) is 12.1 Å². The Balaban J connectivity index is 3.24. The third kappa shape index (κ3) is 3.84. The SMILES string of the molecule is COc1cc(/C(C)=C\C(C)=C\C(=O)O)oc(=O)c1C. The van der Waals surface area contributed by atoms with Crippen LogP contribution in [0.1, 0.15) is 25.2 Å². The largest absolute Gasteiger partial charge is 0.496 e. The number of hydrogen-bond acceptors (Lipinski definition) is 4. The number of methoxy groups -OCH3 is 1. The predicted octanol–water partition coefficient (Wildman–Crippen LogP) is 2.39. The van der Waals surface area contributed by atoms with Gasteiger partial charge < -0.3 is 14.3 Å². The molecule has 0 unspecified atom stereocenters. The van der Waals surface area contributed by atoms with Crippen LogP contribution in [0, 0.1) is 6.92 Å². The Hall–Kier alpha value is -2.30. The molecular formula is C14H16O5. The van der Waals surface area contributed by atoms with Crippen molar-refractivity contribution in [3.63, 3.8) is 0 Å². The van der Waals surface area contributed by atoms with Crippen LogP contribution >= 0.6 is 0 Å². The zero-order valence-electron chi connectivity index (χ0n) is 11.3. The van der Waals surface area contributed by atoms with Gasteiger partial charge in [0.2, 0.25) is 0 Å². The summed E-state index contributed by atoms with van der Waals surface area (Å²) >= 11 is 0. The molecule has 1 aromatic heterocycles. The highest BCUT2D eigenvalue weighted by Gasteiger charge is 2.09. The fraction of sp³-hybridized carbons (Fsp3) is 0.286. The molecule has 0 saturated carbocycles. The standard InChI is InChI=1S/C14H16O5/c1-8(6-13(15)16)5-9(2)11-7-12(18-4)10(3)14(17)19-11/h5-7H,1-4H3,(H,15,16)/b8-6+,9-5-. The Morgan fingerprint density at radius 2 is 2.00 bits per heavy atom. The summed E-state index contributed by atoms with van der Waals surface area (Å²) in [5, 5.41) is 8.63. The monoisotopic (exact) mass is 264 g/mol. The molecule has 102 valence electrons. The topological polar surface area (TPSA) is 76.7 Å². The number of allylic oxidation sites excluding steroid dienone is 3. The first-order valence-electron chi connectivity index (χ1n) is 5.63. The van der Waals surface area contributed by atoms with Crippen LogP contribution in [0.4, 0.5) is 0 Å². The molecule has 5 heteroatoms. The second kappa shape index (κ2) is 6.04. The van der Waals surface area contributed by atoms with E-state index in [1.807, 2.05) is 0 Å². The summed E-state index contributed by atoms with van der Waals surface area (Å²) in [4.78, 5) is 22.1. The fourth-order valence-electron chi connectivity index (χ4n) is 1.59. The van der Waals surface area contributed by atoms with Gasteiger partial charge in [0.15, 0.2) is 0 Å². The van der Waals surface area contributed by atoms with Crippen LogP contribution < -0.4 is 10.4 Å². The van der Waals surface area contributed by atoms with Gasteiger partial charge in [-0.15, -0.1) is 0 Å². The van der Waals surface area contributed by atoms with E-state index < -0.39 is 11.6 Å². The molecule has 0 aliphatic carbocycles. The third-order valence-electron chi connectivity index (χ3n) is 2.54. The zero-order valence-corrected chi connectivity index (χ0v) is 11.3. The van der Waals surface area contributed by atoms with E-state index in [0.29, 0.717) is 28.2 Å². The molecule has 0 bridgehead atoms. The quantitative estimate of drug-likeness (QED) is 0.667. The van der Waals surface area contributed by atoms with Gasteiger partial charge in [0.25, 0.3) is 0 Å². The molecule has 0 amide bonds. The first kappa shape index (κ1) is 14.8. The second-order valence-corrected chi connectivity index (χ2v) is 4.15. The number of carbonyl (C=O) groups is 1. The normalized spacial score (nSPS) is 12.4. The molecule has 0 aliphatic heterocycles. The van der Waals surface area contributed by atoms with E-state index in [9.17, 15) is 9.59 Å². The van der Waals surface area contributed by atoms with Gasteiger partial charge in [-0.25, -0.2) is 9.59 Å². The maximum absolute atomic E-state index is 11.6. The number of carboxylic acid groups (broad SMARTS) is 1. The number of rotatable bonds is 4. The van der Waals surface area contributed by atoms with E-state index in [4.69, 9.17) is 14.3 Å². The summed E-state index contributed by atoms with van der Waals surface area (Å²) in [6.45, 7) is 5.00. The molecule has 1 rings (SSSR count). The van der Waals surface area contributed by atoms with E-state index in [1.165, 1.54) is 7.11 Å². The highest BCUT2D eigenvalue weighted by Crippen LogP contribution is 2.21. The molecule has 0 spiro atoms. The van der Waals surface area contributed by atoms with Crippen LogP contribution in [0.2, 0.25) is 0 Å². The average Bonchev–Trinajstić information content (AvgIpc) is 2.31. The van der Waals surface area contributed by atoms with Crippen molar-refractivity contribution in [1.29, 1.82) is 0 Å². The Morgan fingerprint density at radius 3 is 2.53 bits per heavy atom. The van der Waals surface area contributed by atoms with Crippen molar-refractivity contribution in [2.45, 2.75) is 20.8 Å². The third-order valence-corrected chi connectivity index (χ3v) is 2.54. The molecular weight excluding hydrogens is 248 g/mol. The zero-order chi connectivity index (χ0) is 14.6. The summed E-state index contributed by atoms with van der Waals surface area (Å²) in [6, 6.07) is 1.61. The molecule has 0 radical (unpaired) electrons. The molecule has 1 heterocycles. The van der Waals surface area contributed by atoms with E-state index in [-0.39, 0.29) is 0 Å². The van der Waals surface area contributed by atoms with Gasteiger partial charge in [-0.2, -0.15) is 0 Å². The first-order chi connectivity index (χ1) is 8.85. The van der Waals surface area contributed by atoms with Crippen molar-refractivity contribution in [3.05, 3.63) is 45.5 Å². The van der Waals surface area contributed by atoms with E-state index in [2.05, 4.69) is 0 Å². The van der Waals surface area contributed by atoms with Crippen LogP contribution in [-0.4, -0.2) is 18.2 Å². The number of hydrogen-bond donors (Lipinski definition) is 1. The smallest absolute Gasteiger partial charge is 0.342 e. The Labute approximate surface area is 110 Å². The van der Waals surface area contributed by atoms with Gasteiger partial charge in [0.1, 0.15) is 11.5 Å². The van der Waals surface area contributed by atoms with Crippen molar-refractivity contribution in [2.75, 3.05) is 7.11 Å². The average molecular weight is 264 g/mol. The Kier molecular flexibility index (Phi) is 4.69. The van der Waals surface area contributed by atoms with Gasteiger partial charge in [-0.1, -0.05) is 6.08 Å². The van der Waals surface area contributed by atoms with Crippen LogP contribution in [0.15, 0.2) is 33.0 Å². The summed E-state index contributed by atoms with van der Waals surface area (Å²) in [6.07, 6.45) is 2.70. The lowest BCUT2D eigenvalue weighted by Crippen LogP contribution is -2.06. The van der Waals surface area contributed by atoms with Crippen molar-refractivity contribution in [3.8, 4) is 5.75 Å². The molecule has 0 aromatic carbocycles. The summed E-state index contributed by atoms with van der Waals surface area (Å²) in [5.74, 6) is -0.228. The van der Waals surface area contributed by atoms with E-state index in [0.717, 1.165) is 6.08 Å². The van der Waals surface area contributed by atoms with Gasteiger partial charge >= 0.3 is 11.6 Å². The maximum atomic E-state index is 11.6. The second-order valence-electron chi connectivity index (χ2n) is 4.15. The minimum absolute atomic E-state index is 0.352. The minimum atomic E-state index is -1.02. The highest BCUT2D eigenvalue weighted by molar-refractivity contribution is 5.82. The number of ether oxygens (including phenoxy) is 1. The Morgan fingerprint density at radius 1 is 1.37 bits per heavy atom. The Bertz CT molecular complexity index is 605. The van der Waals surface area contributed by atoms with E-state index in [1.54, 1.807) is 32.9 Å². The van der Waals surface area contributed by atoms with Crippen LogP contribution in [0.3, 0.4) is 0 Å². The number of carboxylic acids is 1. The van der Waals surface area contributed by atoms with Crippen molar-refractivity contribution in [1.82, 2.24) is 0 Å². The predicted molar refractivity (Wildman–Crippen MR) is 71.3 cm³/mol. The van der Waals surface area contributed by atoms with Crippen LogP contribution in [0.5, 0.6) is 5.75 Å². The fourth-order valence-corrected chi connectivity index (χ4v) is 1.59. The molecule has 1 aromatic rings. The number of aliphatic carboxylic acids is 1. The summed E-state index contributed by atoms with van der Waals surface area (Å²) in [5.41, 5.74) is 1.12. The van der Waals surface area contributed by atoms with Crippen molar-refractivity contribution in [2.24, 2.45) is 0 Å². The summed E-state index contributed by atoms with van der Waals surface area (Å²) < 4.78 is 10.2. The van der Waals surface area contributed by atoms with Crippen LogP contribution in [-0.2, 0) is 4.79 Å². The first-order valence-corrected chi connectivity index (χ1v) is 5.63. The lowest BCUT2D eigenvalue weighted by Gasteiger charge is -2.06. The molecule has 0 aliphatic rings. The van der Waals surface area contributed by atoms with Gasteiger partial charge in [-0.3, -0.25) is 0 Å². The van der Waals surface area contributed by atoms with Crippen molar-refractivity contribution >= 4 is 11.5 Å². The minimum Gasteiger partial charge on any atom is -0.496 e. The molecule has 1 N–H and O–H groups in total. The summed E-state index contributed by atoms with van der Waals surface area (Å²) in [7, 11) is 1.47. The van der Waals surface area contributed by atoms with Crippen LogP contribution in [0.25, 0.3) is 5.57 Å². The molecule has 0 saturated heterocycles. The van der Waals surface area contributed by atoms with Crippen molar-refractivity contribution < 1.29 is 19.1 Å². The molecule has 5 nitrogen and oxygen atoms in total. The molecule has 0 atom stereocenters.